The number of alkyl halides is 4. The molecule has 4 heterocycles. The van der Waals surface area contributed by atoms with E-state index in [0.717, 1.165) is 27.5 Å². The van der Waals surface area contributed by atoms with Crippen molar-refractivity contribution in [2.24, 2.45) is 5.92 Å². The van der Waals surface area contributed by atoms with Crippen molar-refractivity contribution in [1.82, 2.24) is 24.0 Å². The molecule has 2 saturated heterocycles. The van der Waals surface area contributed by atoms with Crippen molar-refractivity contribution in [3.8, 4) is 11.5 Å². The summed E-state index contributed by atoms with van der Waals surface area (Å²) in [5.41, 5.74) is -2.69. The average molecular weight is 868 g/mol. The Kier molecular flexibility index (Phi) is 13.3. The molecule has 5 aromatic rings. The molecule has 3 aromatic carbocycles. The van der Waals surface area contributed by atoms with Gasteiger partial charge >= 0.3 is 17.7 Å². The minimum atomic E-state index is -4.92. The van der Waals surface area contributed by atoms with E-state index in [4.69, 9.17) is 28.4 Å². The van der Waals surface area contributed by atoms with Gasteiger partial charge in [0.05, 0.1) is 33.0 Å². The van der Waals surface area contributed by atoms with Gasteiger partial charge in [-0.3, -0.25) is 28.7 Å². The van der Waals surface area contributed by atoms with Crippen LogP contribution < -0.4 is 32.0 Å². The van der Waals surface area contributed by atoms with E-state index < -0.39 is 96.8 Å². The van der Waals surface area contributed by atoms with Crippen LogP contribution in [0.5, 0.6) is 11.5 Å². The Morgan fingerprint density at radius 3 is 1.76 bits per heavy atom. The van der Waals surface area contributed by atoms with Crippen LogP contribution in [0.3, 0.4) is 0 Å². The summed E-state index contributed by atoms with van der Waals surface area (Å²) in [6.45, 7) is -1.82. The van der Waals surface area contributed by atoms with Crippen molar-refractivity contribution < 1.29 is 46.0 Å². The number of ether oxygens (including phenoxy) is 6. The van der Waals surface area contributed by atoms with E-state index in [2.05, 4.69) is 9.97 Å². The first kappa shape index (κ1) is 44.2. The molecule has 0 saturated carbocycles. The number of rotatable bonds is 16. The lowest BCUT2D eigenvalue weighted by Gasteiger charge is -2.37. The van der Waals surface area contributed by atoms with E-state index in [-0.39, 0.29) is 17.9 Å². The molecule has 7 atom stereocenters. The lowest BCUT2D eigenvalue weighted by molar-refractivity contribution is -0.253. The molecular formula is C43H45F4N5O10. The molecule has 15 nitrogen and oxygen atoms in total. The van der Waals surface area contributed by atoms with Crippen molar-refractivity contribution in [3.05, 3.63) is 162 Å². The third-order valence-electron chi connectivity index (χ3n) is 11.3. The molecule has 19 heteroatoms. The summed E-state index contributed by atoms with van der Waals surface area (Å²) in [6.07, 6.45) is -11.1. The molecule has 2 fully saturated rings. The SMILES string of the molecule is COc1ccc(C(OC[C@H]2O[C@@H](n3ccc(=O)[nH]c3=O)[C@H](F)[C@@H]2CCN(C[C@H]2C[C@@H](OC)[C@H](n3ccc(=O)[nH]c3=O)O2)C(F)(F)F)(c2ccccc2)c2ccc(OC)cc2)cc1. The second-order valence-electron chi connectivity index (χ2n) is 14.9. The van der Waals surface area contributed by atoms with Gasteiger partial charge in [0.25, 0.3) is 11.1 Å². The van der Waals surface area contributed by atoms with Crippen LogP contribution in [0.2, 0.25) is 0 Å². The number of nitrogens with zero attached hydrogens (tertiary/aromatic N) is 3. The fraction of sp³-hybridized carbons (Fsp3) is 0.395. The lowest BCUT2D eigenvalue weighted by Crippen LogP contribution is -2.45. The molecule has 2 aliphatic rings. The number of hydrogen-bond acceptors (Lipinski definition) is 11. The number of H-pyrrole nitrogens is 2. The highest BCUT2D eigenvalue weighted by molar-refractivity contribution is 5.49. The van der Waals surface area contributed by atoms with Gasteiger partial charge in [0.1, 0.15) is 23.2 Å². The van der Waals surface area contributed by atoms with Gasteiger partial charge in [-0.05, 0) is 47.4 Å². The first-order valence-electron chi connectivity index (χ1n) is 19.7. The fourth-order valence-corrected chi connectivity index (χ4v) is 8.20. The van der Waals surface area contributed by atoms with E-state index in [9.17, 15) is 32.3 Å². The quantitative estimate of drug-likeness (QED) is 0.0816. The van der Waals surface area contributed by atoms with Crippen LogP contribution in [0.4, 0.5) is 17.6 Å². The topological polar surface area (TPSA) is 168 Å². The third-order valence-corrected chi connectivity index (χ3v) is 11.3. The van der Waals surface area contributed by atoms with Gasteiger partial charge in [-0.1, -0.05) is 54.6 Å². The second kappa shape index (κ2) is 18.6. The zero-order valence-electron chi connectivity index (χ0n) is 33.8. The molecule has 0 amide bonds. The molecule has 7 rings (SSSR count). The molecule has 0 aliphatic carbocycles. The second-order valence-corrected chi connectivity index (χ2v) is 14.9. The Labute approximate surface area is 351 Å². The van der Waals surface area contributed by atoms with Crippen LogP contribution in [0, 0.1) is 5.92 Å². The number of nitrogens with one attached hydrogen (secondary N) is 2. The predicted octanol–water partition coefficient (Wildman–Crippen LogP) is 4.48. The highest BCUT2D eigenvalue weighted by atomic mass is 19.4. The molecule has 0 bridgehead atoms. The Hall–Kier alpha value is -5.86. The number of aromatic nitrogens is 4. The lowest BCUT2D eigenvalue weighted by atomic mass is 9.80. The summed E-state index contributed by atoms with van der Waals surface area (Å²) in [5, 5.41) is 0. The van der Waals surface area contributed by atoms with Crippen LogP contribution in [-0.4, -0.2) is 95.8 Å². The normalized spacial score (nSPS) is 22.9. The highest BCUT2D eigenvalue weighted by Gasteiger charge is 2.50. The summed E-state index contributed by atoms with van der Waals surface area (Å²) in [4.78, 5) is 53.5. The number of halogens is 4. The summed E-state index contributed by atoms with van der Waals surface area (Å²) in [6, 6.07) is 25.5. The first-order chi connectivity index (χ1) is 29.7. The number of hydrogen-bond donors (Lipinski definition) is 2. The zero-order chi connectivity index (χ0) is 44.2. The van der Waals surface area contributed by atoms with Gasteiger partial charge in [-0.2, -0.15) is 13.2 Å². The minimum absolute atomic E-state index is 0.0382. The summed E-state index contributed by atoms with van der Waals surface area (Å²) >= 11 is 0. The van der Waals surface area contributed by atoms with Crippen molar-refractivity contribution in [2.45, 2.75) is 61.7 Å². The average Bonchev–Trinajstić information content (AvgIpc) is 3.82. The van der Waals surface area contributed by atoms with Gasteiger partial charge in [0.2, 0.25) is 0 Å². The maximum atomic E-state index is 16.9. The molecule has 2 aromatic heterocycles. The minimum Gasteiger partial charge on any atom is -0.497 e. The smallest absolute Gasteiger partial charge is 0.460 e. The van der Waals surface area contributed by atoms with Crippen molar-refractivity contribution in [1.29, 1.82) is 0 Å². The number of methoxy groups -OCH3 is 3. The number of benzene rings is 3. The van der Waals surface area contributed by atoms with Gasteiger partial charge in [0.15, 0.2) is 18.6 Å². The largest absolute Gasteiger partial charge is 0.497 e. The standard InChI is InChI=1S/C43H45F4N5O10/c1-57-29-13-9-27(10-14-29)42(26-7-5-4-6-8-26,28-11-15-30(58-2)16-12-28)60-25-34-32(37(44)39(62-34)52-22-19-36(54)49-41(52)56)17-20-50(43(45,46)47)24-31-23-33(59-3)38(61-31)51-21-18-35(53)48-40(51)55/h4-16,18-19,21-22,31-34,37-39H,17,20,23-25H2,1-3H3,(H,48,53,55)(H,49,54,56)/t31-,32-,33-,34-,37-,38-,39-/m1/s1. The van der Waals surface area contributed by atoms with Crippen LogP contribution in [0.15, 0.2) is 123 Å². The maximum Gasteiger partial charge on any atom is 0.460 e. The Balaban J connectivity index is 1.21. The van der Waals surface area contributed by atoms with E-state index in [1.54, 1.807) is 24.3 Å². The molecule has 330 valence electrons. The van der Waals surface area contributed by atoms with Crippen LogP contribution in [0.1, 0.15) is 42.0 Å². The molecule has 0 unspecified atom stereocenters. The van der Waals surface area contributed by atoms with Crippen LogP contribution >= 0.6 is 0 Å². The molecule has 0 spiro atoms. The van der Waals surface area contributed by atoms with Crippen molar-refractivity contribution >= 4 is 0 Å². The first-order valence-corrected chi connectivity index (χ1v) is 19.7. The fourth-order valence-electron chi connectivity index (χ4n) is 8.20. The van der Waals surface area contributed by atoms with E-state index in [1.807, 2.05) is 54.6 Å². The zero-order valence-corrected chi connectivity index (χ0v) is 33.8. The third kappa shape index (κ3) is 9.17. The predicted molar refractivity (Wildman–Crippen MR) is 215 cm³/mol. The molecule has 2 aliphatic heterocycles. The van der Waals surface area contributed by atoms with E-state index in [1.165, 1.54) is 27.5 Å². The molecule has 2 N–H and O–H groups in total. The van der Waals surface area contributed by atoms with E-state index in [0.29, 0.717) is 28.2 Å². The molecular weight excluding hydrogens is 822 g/mol. The Bertz CT molecular complexity index is 2470. The van der Waals surface area contributed by atoms with Gasteiger partial charge in [0, 0.05) is 57.1 Å². The Morgan fingerprint density at radius 2 is 1.26 bits per heavy atom. The van der Waals surface area contributed by atoms with Crippen molar-refractivity contribution in [2.75, 3.05) is 41.0 Å². The van der Waals surface area contributed by atoms with Crippen LogP contribution in [0.25, 0.3) is 0 Å². The monoisotopic (exact) mass is 867 g/mol. The van der Waals surface area contributed by atoms with E-state index >= 15 is 4.39 Å². The summed E-state index contributed by atoms with van der Waals surface area (Å²) < 4.78 is 98.8. The Morgan fingerprint density at radius 1 is 0.726 bits per heavy atom. The maximum absolute atomic E-state index is 16.9. The molecule has 62 heavy (non-hydrogen) atoms. The van der Waals surface area contributed by atoms with Gasteiger partial charge in [-0.25, -0.2) is 18.9 Å². The van der Waals surface area contributed by atoms with Gasteiger partial charge in [-0.15, -0.1) is 0 Å². The van der Waals surface area contributed by atoms with Crippen molar-refractivity contribution in [3.63, 3.8) is 0 Å². The summed E-state index contributed by atoms with van der Waals surface area (Å²) in [5.74, 6) is -0.155. The van der Waals surface area contributed by atoms with Gasteiger partial charge < -0.3 is 28.4 Å². The summed E-state index contributed by atoms with van der Waals surface area (Å²) in [7, 11) is 4.38. The number of aromatic amines is 2. The molecule has 0 radical (unpaired) electrons. The van der Waals surface area contributed by atoms with Crippen LogP contribution in [-0.2, 0) is 24.5 Å². The highest BCUT2D eigenvalue weighted by Crippen LogP contribution is 2.45.